The van der Waals surface area contributed by atoms with Crippen LogP contribution in [0.2, 0.25) is 0 Å². The second-order valence-electron chi connectivity index (χ2n) is 9.62. The molecule has 0 saturated heterocycles. The van der Waals surface area contributed by atoms with Gasteiger partial charge in [0.25, 0.3) is 0 Å². The van der Waals surface area contributed by atoms with Crippen LogP contribution in [0.5, 0.6) is 0 Å². The summed E-state index contributed by atoms with van der Waals surface area (Å²) in [6.45, 7) is 8.97. The predicted octanol–water partition coefficient (Wildman–Crippen LogP) is 7.94. The van der Waals surface area contributed by atoms with E-state index in [0.717, 1.165) is 28.2 Å². The van der Waals surface area contributed by atoms with Crippen molar-refractivity contribution in [2.45, 2.75) is 39.2 Å². The normalized spacial score (nSPS) is 13.1. The Morgan fingerprint density at radius 1 is 0.833 bits per heavy atom. The van der Waals surface area contributed by atoms with Gasteiger partial charge in [0.1, 0.15) is 0 Å². The molecule has 1 aliphatic heterocycles. The van der Waals surface area contributed by atoms with Crippen molar-refractivity contribution in [3.05, 3.63) is 114 Å². The third kappa shape index (κ3) is 4.97. The number of hydrogen-bond donors (Lipinski definition) is 0. The molecule has 0 spiro atoms. The Labute approximate surface area is 227 Å². The number of hydrogen-bond acceptors (Lipinski definition) is 2. The van der Waals surface area contributed by atoms with Crippen molar-refractivity contribution in [1.29, 1.82) is 0 Å². The van der Waals surface area contributed by atoms with E-state index in [1.165, 1.54) is 16.6 Å². The second-order valence-corrected chi connectivity index (χ2v) is 9.62. The molecular weight excluding hydrogens is 619 g/mol. The summed E-state index contributed by atoms with van der Waals surface area (Å²) in [4.78, 5) is 9.16. The first-order valence-corrected chi connectivity index (χ1v) is 12.1. The zero-order valence-electron chi connectivity index (χ0n) is 21.0. The van der Waals surface area contributed by atoms with Crippen molar-refractivity contribution in [3.8, 4) is 22.6 Å². The standard InChI is InChI=1S/C21H21N2.C11H8N.Ir/c1-14(2)16-10-11-18-19-17(16)12-13-21(3,4)23(19)20(22-18)15-8-6-5-7-9-15;1-2-6-10(7-3-1)11-8-4-5-9-12-11;/h5-8,10-14H,1-4H3;1-6,8-9H;/q2*-1;. The summed E-state index contributed by atoms with van der Waals surface area (Å²) >= 11 is 0. The van der Waals surface area contributed by atoms with Gasteiger partial charge in [0, 0.05) is 31.9 Å². The molecule has 0 aliphatic carbocycles. The van der Waals surface area contributed by atoms with Crippen LogP contribution in [0.4, 0.5) is 0 Å². The van der Waals surface area contributed by atoms with Crippen LogP contribution in [0.1, 0.15) is 44.7 Å². The number of pyridine rings is 1. The molecule has 1 radical (unpaired) electrons. The Kier molecular flexibility index (Phi) is 7.68. The zero-order chi connectivity index (χ0) is 24.4. The molecule has 2 aromatic heterocycles. The Morgan fingerprint density at radius 3 is 2.14 bits per heavy atom. The Morgan fingerprint density at radius 2 is 1.53 bits per heavy atom. The summed E-state index contributed by atoms with van der Waals surface area (Å²) in [5.41, 5.74) is 7.96. The molecule has 1 aliphatic rings. The van der Waals surface area contributed by atoms with E-state index in [0.29, 0.717) is 5.92 Å². The molecule has 6 rings (SSSR count). The van der Waals surface area contributed by atoms with E-state index in [-0.39, 0.29) is 25.6 Å². The van der Waals surface area contributed by atoms with Gasteiger partial charge in [0.2, 0.25) is 0 Å². The van der Waals surface area contributed by atoms with Gasteiger partial charge < -0.3 is 9.55 Å². The van der Waals surface area contributed by atoms with Crippen LogP contribution < -0.4 is 0 Å². The molecule has 183 valence electrons. The number of allylic oxidation sites excluding steroid dienone is 1. The smallest absolute Gasteiger partial charge is 0.0777 e. The molecule has 0 saturated carbocycles. The number of rotatable bonds is 3. The maximum Gasteiger partial charge on any atom is 0.0777 e. The van der Waals surface area contributed by atoms with Crippen LogP contribution in [-0.4, -0.2) is 14.5 Å². The molecule has 0 unspecified atom stereocenters. The molecule has 0 fully saturated rings. The molecule has 4 heteroatoms. The van der Waals surface area contributed by atoms with Crippen LogP contribution in [0.15, 0.2) is 91.1 Å². The SMILES string of the molecule is CC(C)c1ccc2nc(-c3[c-]cccc3)n3c2c1C=CC3(C)C.[Ir].[c-]1ccccc1-c1ccccn1. The summed E-state index contributed by atoms with van der Waals surface area (Å²) in [5, 5.41) is 0. The van der Waals surface area contributed by atoms with E-state index in [4.69, 9.17) is 4.98 Å². The van der Waals surface area contributed by atoms with Gasteiger partial charge in [0.05, 0.1) is 22.4 Å². The molecule has 0 bridgehead atoms. The molecule has 3 heterocycles. The summed E-state index contributed by atoms with van der Waals surface area (Å²) in [5.74, 6) is 1.49. The average Bonchev–Trinajstić information content (AvgIpc) is 3.30. The van der Waals surface area contributed by atoms with Crippen molar-refractivity contribution in [2.75, 3.05) is 0 Å². The number of benzene rings is 3. The molecule has 3 nitrogen and oxygen atoms in total. The minimum absolute atomic E-state index is 0. The fourth-order valence-corrected chi connectivity index (χ4v) is 4.60. The Bertz CT molecular complexity index is 1430. The van der Waals surface area contributed by atoms with Gasteiger partial charge in [0.15, 0.2) is 0 Å². The fourth-order valence-electron chi connectivity index (χ4n) is 4.60. The van der Waals surface area contributed by atoms with Crippen LogP contribution >= 0.6 is 0 Å². The number of aromatic nitrogens is 3. The molecule has 0 atom stereocenters. The first kappa shape index (κ1) is 25.8. The Balaban J connectivity index is 0.000000198. The summed E-state index contributed by atoms with van der Waals surface area (Å²) in [6, 6.07) is 32.6. The van der Waals surface area contributed by atoms with E-state index in [9.17, 15) is 0 Å². The molecule has 3 aromatic carbocycles. The molecule has 0 N–H and O–H groups in total. The Hall–Kier alpha value is -3.33. The molecule has 5 aromatic rings. The van der Waals surface area contributed by atoms with Crippen molar-refractivity contribution in [2.24, 2.45) is 0 Å². The van der Waals surface area contributed by atoms with Gasteiger partial charge in [-0.05, 0) is 43.2 Å². The van der Waals surface area contributed by atoms with Crippen molar-refractivity contribution in [1.82, 2.24) is 14.5 Å². The van der Waals surface area contributed by atoms with Crippen molar-refractivity contribution < 1.29 is 20.1 Å². The van der Waals surface area contributed by atoms with E-state index in [2.05, 4.69) is 79.7 Å². The van der Waals surface area contributed by atoms with Crippen LogP contribution in [0.25, 0.3) is 39.8 Å². The quantitative estimate of drug-likeness (QED) is 0.186. The van der Waals surface area contributed by atoms with Crippen molar-refractivity contribution in [3.63, 3.8) is 0 Å². The predicted molar refractivity (Wildman–Crippen MR) is 145 cm³/mol. The van der Waals surface area contributed by atoms with Gasteiger partial charge in [-0.2, -0.15) is 0 Å². The number of nitrogens with zero attached hydrogens (tertiary/aromatic N) is 3. The van der Waals surface area contributed by atoms with Gasteiger partial charge in [-0.15, -0.1) is 71.8 Å². The van der Waals surface area contributed by atoms with Gasteiger partial charge in [-0.25, -0.2) is 0 Å². The maximum atomic E-state index is 4.94. The topological polar surface area (TPSA) is 30.7 Å². The van der Waals surface area contributed by atoms with E-state index >= 15 is 0 Å². The third-order valence-electron chi connectivity index (χ3n) is 6.35. The van der Waals surface area contributed by atoms with E-state index in [1.807, 2.05) is 60.7 Å². The average molecular weight is 648 g/mol. The first-order valence-electron chi connectivity index (χ1n) is 12.1. The second kappa shape index (κ2) is 10.7. The zero-order valence-corrected chi connectivity index (χ0v) is 23.4. The minimum atomic E-state index is -0.101. The molecular formula is C32H29IrN3-2. The number of imidazole rings is 1. The molecule has 36 heavy (non-hydrogen) atoms. The largest absolute Gasteiger partial charge is 0.355 e. The van der Waals surface area contributed by atoms with Crippen molar-refractivity contribution >= 4 is 17.1 Å². The summed E-state index contributed by atoms with van der Waals surface area (Å²) in [7, 11) is 0. The van der Waals surface area contributed by atoms with Crippen LogP contribution in [0.3, 0.4) is 0 Å². The first-order chi connectivity index (χ1) is 17.0. The van der Waals surface area contributed by atoms with Gasteiger partial charge in [-0.3, -0.25) is 4.98 Å². The third-order valence-corrected chi connectivity index (χ3v) is 6.35. The molecule has 0 amide bonds. The fraction of sp³-hybridized carbons (Fsp3) is 0.188. The van der Waals surface area contributed by atoms with Crippen LogP contribution in [0, 0.1) is 12.1 Å². The van der Waals surface area contributed by atoms with Gasteiger partial charge in [-0.1, -0.05) is 44.2 Å². The summed E-state index contributed by atoms with van der Waals surface area (Å²) < 4.78 is 2.37. The monoisotopic (exact) mass is 648 g/mol. The maximum absolute atomic E-state index is 4.94. The van der Waals surface area contributed by atoms with Crippen LogP contribution in [-0.2, 0) is 25.6 Å². The van der Waals surface area contributed by atoms with Gasteiger partial charge >= 0.3 is 0 Å². The van der Waals surface area contributed by atoms with E-state index < -0.39 is 0 Å². The minimum Gasteiger partial charge on any atom is -0.355 e. The summed E-state index contributed by atoms with van der Waals surface area (Å²) in [6.07, 6.45) is 6.35. The van der Waals surface area contributed by atoms with E-state index in [1.54, 1.807) is 6.20 Å².